The molecule has 2 aromatic carbocycles. The van der Waals surface area contributed by atoms with E-state index in [0.29, 0.717) is 13.0 Å². The zero-order valence-electron chi connectivity index (χ0n) is 20.2. The average Bonchev–Trinajstić information content (AvgIpc) is 2.76. The summed E-state index contributed by atoms with van der Waals surface area (Å²) in [7, 11) is 0. The van der Waals surface area contributed by atoms with Crippen molar-refractivity contribution >= 4 is 12.0 Å². The van der Waals surface area contributed by atoms with Gasteiger partial charge in [0, 0.05) is 0 Å². The number of alkyl carbamates (subject to hydrolysis) is 1. The minimum Gasteiger partial charge on any atom is -0.444 e. The molecule has 1 N–H and O–H groups in total. The van der Waals surface area contributed by atoms with Crippen LogP contribution in [0.4, 0.5) is 9.18 Å². The molecule has 2 fully saturated rings. The second-order valence-electron chi connectivity index (χ2n) is 10.2. The van der Waals surface area contributed by atoms with Crippen LogP contribution in [0.15, 0.2) is 48.5 Å². The monoisotopic (exact) mass is 468 g/mol. The number of carbonyl (C=O) groups is 2. The standard InChI is InChI=1S/C27H33FN2O4/c1-17-25(31)30-22(16-33-17)11-12-23(29-26(32)34-27(2,3)4)24(30)14-18-7-5-8-19(13-18)20-9-6-10-21(28)15-20/h5-10,13,15,17,22-24H,11-12,14,16H2,1-4H3,(H,29,32)/t17?,22-,23-,24-/m0/s1. The van der Waals surface area contributed by atoms with Gasteiger partial charge in [-0.25, -0.2) is 9.18 Å². The summed E-state index contributed by atoms with van der Waals surface area (Å²) < 4.78 is 25.0. The van der Waals surface area contributed by atoms with Crippen molar-refractivity contribution in [1.29, 1.82) is 0 Å². The Morgan fingerprint density at radius 2 is 1.85 bits per heavy atom. The van der Waals surface area contributed by atoms with Crippen molar-refractivity contribution in [2.24, 2.45) is 0 Å². The SMILES string of the molecule is CC1OC[C@@H]2CC[C@H](NC(=O)OC(C)(C)C)[C@H](Cc3cccc(-c4cccc(F)c4)c3)N2C1=O. The van der Waals surface area contributed by atoms with Crippen molar-refractivity contribution in [3.8, 4) is 11.1 Å². The van der Waals surface area contributed by atoms with Crippen molar-refractivity contribution in [1.82, 2.24) is 10.2 Å². The van der Waals surface area contributed by atoms with Gasteiger partial charge < -0.3 is 19.7 Å². The van der Waals surface area contributed by atoms with Crippen LogP contribution in [0.1, 0.15) is 46.1 Å². The van der Waals surface area contributed by atoms with Crippen LogP contribution in [0, 0.1) is 5.82 Å². The highest BCUT2D eigenvalue weighted by Gasteiger charge is 2.45. The highest BCUT2D eigenvalue weighted by Crippen LogP contribution is 2.31. The molecular weight excluding hydrogens is 435 g/mol. The van der Waals surface area contributed by atoms with E-state index in [0.717, 1.165) is 29.5 Å². The zero-order chi connectivity index (χ0) is 24.5. The number of rotatable bonds is 4. The largest absolute Gasteiger partial charge is 0.444 e. The summed E-state index contributed by atoms with van der Waals surface area (Å²) in [6.07, 6.45) is 1.03. The van der Waals surface area contributed by atoms with Crippen molar-refractivity contribution < 1.29 is 23.5 Å². The number of nitrogens with zero attached hydrogens (tertiary/aromatic N) is 1. The van der Waals surface area contributed by atoms with Gasteiger partial charge in [-0.15, -0.1) is 0 Å². The summed E-state index contributed by atoms with van der Waals surface area (Å²) in [5.74, 6) is -0.342. The Bertz CT molecular complexity index is 1050. The highest BCUT2D eigenvalue weighted by molar-refractivity contribution is 5.82. The van der Waals surface area contributed by atoms with Crippen molar-refractivity contribution in [3.05, 3.63) is 59.9 Å². The summed E-state index contributed by atoms with van der Waals surface area (Å²) >= 11 is 0. The Hall–Kier alpha value is -2.93. The fourth-order valence-corrected chi connectivity index (χ4v) is 4.87. The van der Waals surface area contributed by atoms with E-state index in [1.54, 1.807) is 13.0 Å². The molecule has 2 aliphatic heterocycles. The van der Waals surface area contributed by atoms with Gasteiger partial charge in [0.05, 0.1) is 24.7 Å². The van der Waals surface area contributed by atoms with Crippen LogP contribution in [-0.2, 0) is 20.7 Å². The molecule has 7 heteroatoms. The van der Waals surface area contributed by atoms with E-state index in [9.17, 15) is 14.0 Å². The van der Waals surface area contributed by atoms with Gasteiger partial charge in [0.15, 0.2) is 0 Å². The smallest absolute Gasteiger partial charge is 0.407 e. The van der Waals surface area contributed by atoms with Gasteiger partial charge in [-0.2, -0.15) is 0 Å². The molecule has 0 bridgehead atoms. The number of piperidine rings is 1. The number of benzene rings is 2. The number of carbonyl (C=O) groups excluding carboxylic acids is 2. The molecule has 2 aromatic rings. The van der Waals surface area contributed by atoms with E-state index in [-0.39, 0.29) is 29.8 Å². The normalized spacial score (nSPS) is 25.0. The molecule has 0 aliphatic carbocycles. The van der Waals surface area contributed by atoms with E-state index < -0.39 is 17.8 Å². The molecular formula is C27H33FN2O4. The lowest BCUT2D eigenvalue weighted by Gasteiger charge is -2.50. The zero-order valence-corrected chi connectivity index (χ0v) is 20.2. The number of amides is 2. The lowest BCUT2D eigenvalue weighted by atomic mass is 9.85. The first-order valence-electron chi connectivity index (χ1n) is 11.9. The molecule has 34 heavy (non-hydrogen) atoms. The third-order valence-corrected chi connectivity index (χ3v) is 6.40. The molecule has 2 saturated heterocycles. The van der Waals surface area contributed by atoms with Crippen molar-refractivity contribution in [3.63, 3.8) is 0 Å². The van der Waals surface area contributed by atoms with E-state index in [1.807, 2.05) is 56.0 Å². The molecule has 6 nitrogen and oxygen atoms in total. The summed E-state index contributed by atoms with van der Waals surface area (Å²) in [5.41, 5.74) is 2.10. The van der Waals surface area contributed by atoms with Crippen LogP contribution < -0.4 is 5.32 Å². The molecule has 2 amide bonds. The molecule has 182 valence electrons. The first-order chi connectivity index (χ1) is 16.1. The first kappa shape index (κ1) is 24.2. The maximum atomic E-state index is 13.8. The number of ether oxygens (including phenoxy) is 2. The maximum Gasteiger partial charge on any atom is 0.407 e. The molecule has 4 atom stereocenters. The number of halogens is 1. The Balaban J connectivity index is 1.62. The van der Waals surface area contributed by atoms with Crippen LogP contribution >= 0.6 is 0 Å². The highest BCUT2D eigenvalue weighted by atomic mass is 19.1. The predicted octanol–water partition coefficient (Wildman–Crippen LogP) is 4.71. The van der Waals surface area contributed by atoms with Crippen molar-refractivity contribution in [2.45, 2.75) is 76.8 Å². The molecule has 0 spiro atoms. The number of hydrogen-bond acceptors (Lipinski definition) is 4. The molecule has 0 radical (unpaired) electrons. The van der Waals surface area contributed by atoms with Gasteiger partial charge in [-0.05, 0) is 75.8 Å². The fraction of sp³-hybridized carbons (Fsp3) is 0.481. The van der Waals surface area contributed by atoms with E-state index in [1.165, 1.54) is 12.1 Å². The van der Waals surface area contributed by atoms with Crippen LogP contribution in [0.2, 0.25) is 0 Å². The van der Waals surface area contributed by atoms with Crippen molar-refractivity contribution in [2.75, 3.05) is 6.61 Å². The molecule has 0 saturated carbocycles. The summed E-state index contributed by atoms with van der Waals surface area (Å²) in [6, 6.07) is 13.9. The summed E-state index contributed by atoms with van der Waals surface area (Å²) in [6.45, 7) is 7.74. The van der Waals surface area contributed by atoms with Crippen LogP contribution in [-0.4, -0.2) is 53.3 Å². The van der Waals surface area contributed by atoms with E-state index in [4.69, 9.17) is 9.47 Å². The van der Waals surface area contributed by atoms with Gasteiger partial charge in [0.1, 0.15) is 17.5 Å². The Morgan fingerprint density at radius 3 is 2.56 bits per heavy atom. The van der Waals surface area contributed by atoms with Gasteiger partial charge in [0.2, 0.25) is 0 Å². The minimum atomic E-state index is -0.612. The minimum absolute atomic E-state index is 0.0169. The third kappa shape index (κ3) is 5.58. The first-order valence-corrected chi connectivity index (χ1v) is 11.9. The Labute approximate surface area is 200 Å². The third-order valence-electron chi connectivity index (χ3n) is 6.40. The lowest BCUT2D eigenvalue weighted by Crippen LogP contribution is -2.66. The van der Waals surface area contributed by atoms with Gasteiger partial charge in [-0.3, -0.25) is 4.79 Å². The number of morpholine rings is 1. The van der Waals surface area contributed by atoms with Crippen LogP contribution in [0.5, 0.6) is 0 Å². The summed E-state index contributed by atoms with van der Waals surface area (Å²) in [5, 5.41) is 3.02. The maximum absolute atomic E-state index is 13.8. The van der Waals surface area contributed by atoms with E-state index >= 15 is 0 Å². The second kappa shape index (κ2) is 9.74. The lowest BCUT2D eigenvalue weighted by molar-refractivity contribution is -0.166. The topological polar surface area (TPSA) is 67.9 Å². The Kier molecular flexibility index (Phi) is 6.94. The quantitative estimate of drug-likeness (QED) is 0.706. The predicted molar refractivity (Wildman–Crippen MR) is 128 cm³/mol. The van der Waals surface area contributed by atoms with Gasteiger partial charge in [0.25, 0.3) is 5.91 Å². The molecule has 4 rings (SSSR count). The Morgan fingerprint density at radius 1 is 1.15 bits per heavy atom. The van der Waals surface area contributed by atoms with Gasteiger partial charge >= 0.3 is 6.09 Å². The van der Waals surface area contributed by atoms with Gasteiger partial charge in [-0.1, -0.05) is 36.4 Å². The molecule has 0 aromatic heterocycles. The second-order valence-corrected chi connectivity index (χ2v) is 10.2. The van der Waals surface area contributed by atoms with Crippen LogP contribution in [0.3, 0.4) is 0 Å². The molecule has 2 aliphatic rings. The summed E-state index contributed by atoms with van der Waals surface area (Å²) in [4.78, 5) is 27.7. The van der Waals surface area contributed by atoms with E-state index in [2.05, 4.69) is 5.32 Å². The number of fused-ring (bicyclic) bond motifs is 1. The molecule has 1 unspecified atom stereocenters. The molecule has 2 heterocycles. The fourth-order valence-electron chi connectivity index (χ4n) is 4.87. The average molecular weight is 469 g/mol. The number of hydrogen-bond donors (Lipinski definition) is 1. The van der Waals surface area contributed by atoms with Crippen LogP contribution in [0.25, 0.3) is 11.1 Å². The number of nitrogens with one attached hydrogen (secondary N) is 1.